The quantitative estimate of drug-likeness (QED) is 0.814. The zero-order valence-electron chi connectivity index (χ0n) is 8.35. The summed E-state index contributed by atoms with van der Waals surface area (Å²) in [4.78, 5) is 2.23. The second kappa shape index (κ2) is 5.20. The Balaban J connectivity index is 2.28. The molecule has 0 atom stereocenters. The van der Waals surface area contributed by atoms with E-state index in [1.165, 1.54) is 0 Å². The minimum Gasteiger partial charge on any atom is -0.192 e. The van der Waals surface area contributed by atoms with Gasteiger partial charge in [-0.2, -0.15) is 5.26 Å². The van der Waals surface area contributed by atoms with Crippen molar-refractivity contribution in [1.82, 2.24) is 0 Å². The zero-order chi connectivity index (χ0) is 11.4. The van der Waals surface area contributed by atoms with Crippen molar-refractivity contribution in [3.63, 3.8) is 0 Å². The molecule has 2 rings (SSSR count). The molecule has 0 N–H and O–H groups in total. The first-order valence-corrected chi connectivity index (χ1v) is 6.33. The van der Waals surface area contributed by atoms with E-state index < -0.39 is 0 Å². The van der Waals surface area contributed by atoms with Crippen LogP contribution in [0.1, 0.15) is 5.56 Å². The second-order valence-electron chi connectivity index (χ2n) is 3.17. The summed E-state index contributed by atoms with van der Waals surface area (Å²) in [5.41, 5.74) is 0.692. The molecule has 0 saturated heterocycles. The summed E-state index contributed by atoms with van der Waals surface area (Å²) in [6.07, 6.45) is 0. The van der Waals surface area contributed by atoms with E-state index in [9.17, 15) is 0 Å². The van der Waals surface area contributed by atoms with E-state index in [-0.39, 0.29) is 0 Å². The monoisotopic (exact) mass is 289 g/mol. The third kappa shape index (κ3) is 2.66. The molecule has 0 aromatic heterocycles. The summed E-state index contributed by atoms with van der Waals surface area (Å²) < 4.78 is 1.07. The van der Waals surface area contributed by atoms with Crippen molar-refractivity contribution in [3.05, 3.63) is 58.6 Å². The van der Waals surface area contributed by atoms with Gasteiger partial charge in [0.05, 0.1) is 11.6 Å². The molecule has 16 heavy (non-hydrogen) atoms. The van der Waals surface area contributed by atoms with Crippen LogP contribution < -0.4 is 0 Å². The Hall–Kier alpha value is -1.24. The van der Waals surface area contributed by atoms with Gasteiger partial charge in [0.15, 0.2) is 0 Å². The highest BCUT2D eigenvalue weighted by atomic mass is 79.9. The summed E-state index contributed by atoms with van der Waals surface area (Å²) in [5, 5.41) is 8.81. The van der Waals surface area contributed by atoms with Gasteiger partial charge in [-0.15, -0.1) is 0 Å². The first-order valence-electron chi connectivity index (χ1n) is 4.72. The molecule has 0 radical (unpaired) electrons. The molecule has 0 unspecified atom stereocenters. The van der Waals surface area contributed by atoms with Gasteiger partial charge in [0.1, 0.15) is 0 Å². The summed E-state index contributed by atoms with van der Waals surface area (Å²) in [6, 6.07) is 17.8. The molecule has 0 bridgehead atoms. The van der Waals surface area contributed by atoms with E-state index in [0.29, 0.717) is 5.56 Å². The van der Waals surface area contributed by atoms with Gasteiger partial charge < -0.3 is 0 Å². The number of nitriles is 1. The van der Waals surface area contributed by atoms with Gasteiger partial charge in [-0.1, -0.05) is 30.0 Å². The Morgan fingerprint density at radius 3 is 2.62 bits per heavy atom. The molecule has 1 nitrogen and oxygen atoms in total. The molecule has 0 amide bonds. The van der Waals surface area contributed by atoms with Crippen molar-refractivity contribution in [2.24, 2.45) is 0 Å². The van der Waals surface area contributed by atoms with Crippen LogP contribution in [0.3, 0.4) is 0 Å². The van der Waals surface area contributed by atoms with Crippen LogP contribution in [0.25, 0.3) is 0 Å². The van der Waals surface area contributed by atoms with Crippen LogP contribution in [0, 0.1) is 11.3 Å². The number of benzene rings is 2. The van der Waals surface area contributed by atoms with Crippen LogP contribution in [0.4, 0.5) is 0 Å². The third-order valence-corrected chi connectivity index (χ3v) is 4.05. The fraction of sp³-hybridized carbons (Fsp3) is 0. The van der Waals surface area contributed by atoms with Gasteiger partial charge in [-0.3, -0.25) is 0 Å². The van der Waals surface area contributed by atoms with Crippen LogP contribution in [0.5, 0.6) is 0 Å². The predicted molar refractivity (Wildman–Crippen MR) is 69.4 cm³/mol. The van der Waals surface area contributed by atoms with Gasteiger partial charge in [-0.05, 0) is 46.3 Å². The first kappa shape index (κ1) is 11.3. The summed E-state index contributed by atoms with van der Waals surface area (Å²) >= 11 is 5.15. The average molecular weight is 290 g/mol. The van der Waals surface area contributed by atoms with Crippen molar-refractivity contribution in [2.45, 2.75) is 9.79 Å². The fourth-order valence-corrected chi connectivity index (χ4v) is 2.71. The van der Waals surface area contributed by atoms with Crippen LogP contribution >= 0.6 is 27.7 Å². The molecule has 0 spiro atoms. The maximum atomic E-state index is 8.81. The summed E-state index contributed by atoms with van der Waals surface area (Å²) in [6.45, 7) is 0. The molecule has 0 aliphatic rings. The SMILES string of the molecule is N#Cc1cccc(Sc2ccccc2Br)c1. The number of hydrogen-bond donors (Lipinski definition) is 0. The first-order chi connectivity index (χ1) is 7.79. The molecule has 0 heterocycles. The Morgan fingerprint density at radius 2 is 1.88 bits per heavy atom. The molecule has 0 aliphatic heterocycles. The Labute approximate surface area is 107 Å². The van der Waals surface area contributed by atoms with E-state index >= 15 is 0 Å². The van der Waals surface area contributed by atoms with Gasteiger partial charge in [0.25, 0.3) is 0 Å². The lowest BCUT2D eigenvalue weighted by Gasteiger charge is -2.03. The van der Waals surface area contributed by atoms with Gasteiger partial charge >= 0.3 is 0 Å². The lowest BCUT2D eigenvalue weighted by atomic mass is 10.2. The largest absolute Gasteiger partial charge is 0.192 e. The van der Waals surface area contributed by atoms with E-state index in [0.717, 1.165) is 14.3 Å². The van der Waals surface area contributed by atoms with Crippen molar-refractivity contribution < 1.29 is 0 Å². The highest BCUT2D eigenvalue weighted by Crippen LogP contribution is 2.33. The van der Waals surface area contributed by atoms with Gasteiger partial charge in [-0.25, -0.2) is 0 Å². The number of nitrogens with zero attached hydrogens (tertiary/aromatic N) is 1. The highest BCUT2D eigenvalue weighted by Gasteiger charge is 2.01. The minimum atomic E-state index is 0.692. The maximum absolute atomic E-state index is 8.81. The van der Waals surface area contributed by atoms with Gasteiger partial charge in [0, 0.05) is 14.3 Å². The van der Waals surface area contributed by atoms with Crippen LogP contribution in [0.2, 0.25) is 0 Å². The van der Waals surface area contributed by atoms with E-state index in [1.54, 1.807) is 11.8 Å². The lowest BCUT2D eigenvalue weighted by Crippen LogP contribution is -1.77. The topological polar surface area (TPSA) is 23.8 Å². The normalized spacial score (nSPS) is 9.75. The molecule has 2 aromatic carbocycles. The smallest absolute Gasteiger partial charge is 0.0992 e. The number of hydrogen-bond acceptors (Lipinski definition) is 2. The van der Waals surface area contributed by atoms with Crippen LogP contribution in [0.15, 0.2) is 62.8 Å². The van der Waals surface area contributed by atoms with E-state index in [1.807, 2.05) is 48.5 Å². The third-order valence-electron chi connectivity index (χ3n) is 2.03. The lowest BCUT2D eigenvalue weighted by molar-refractivity contribution is 1.36. The molecule has 0 saturated carbocycles. The zero-order valence-corrected chi connectivity index (χ0v) is 10.8. The van der Waals surface area contributed by atoms with E-state index in [2.05, 4.69) is 22.0 Å². The maximum Gasteiger partial charge on any atom is 0.0992 e. The average Bonchev–Trinajstić information content (AvgIpc) is 2.32. The Bertz CT molecular complexity index is 546. The molecule has 0 fully saturated rings. The Morgan fingerprint density at radius 1 is 1.06 bits per heavy atom. The molecular formula is C13H8BrNS. The minimum absolute atomic E-state index is 0.692. The van der Waals surface area contributed by atoms with Crippen LogP contribution in [-0.2, 0) is 0 Å². The van der Waals surface area contributed by atoms with Crippen molar-refractivity contribution in [1.29, 1.82) is 5.26 Å². The number of halogens is 1. The molecule has 78 valence electrons. The number of rotatable bonds is 2. The van der Waals surface area contributed by atoms with Crippen molar-refractivity contribution in [3.8, 4) is 6.07 Å². The molecule has 0 aliphatic carbocycles. The highest BCUT2D eigenvalue weighted by molar-refractivity contribution is 9.10. The predicted octanol–water partition coefficient (Wildman–Crippen LogP) is 4.47. The summed E-state index contributed by atoms with van der Waals surface area (Å²) in [5.74, 6) is 0. The van der Waals surface area contributed by atoms with Crippen molar-refractivity contribution in [2.75, 3.05) is 0 Å². The van der Waals surface area contributed by atoms with Crippen LogP contribution in [-0.4, -0.2) is 0 Å². The molecule has 2 aromatic rings. The molecular weight excluding hydrogens is 282 g/mol. The standard InChI is InChI=1S/C13H8BrNS/c14-12-6-1-2-7-13(12)16-11-5-3-4-10(8-11)9-15/h1-8H. The summed E-state index contributed by atoms with van der Waals surface area (Å²) in [7, 11) is 0. The molecule has 3 heteroatoms. The second-order valence-corrected chi connectivity index (χ2v) is 5.14. The van der Waals surface area contributed by atoms with Gasteiger partial charge in [0.2, 0.25) is 0 Å². The van der Waals surface area contributed by atoms with Crippen molar-refractivity contribution >= 4 is 27.7 Å². The van der Waals surface area contributed by atoms with E-state index in [4.69, 9.17) is 5.26 Å². The Kier molecular flexibility index (Phi) is 3.66. The fourth-order valence-electron chi connectivity index (χ4n) is 1.28.